The molecule has 3 heteroatoms. The summed E-state index contributed by atoms with van der Waals surface area (Å²) >= 11 is 0. The van der Waals surface area contributed by atoms with Gasteiger partial charge in [0, 0.05) is 35.9 Å². The van der Waals surface area contributed by atoms with Gasteiger partial charge in [-0.15, -0.1) is 0 Å². The number of rotatable bonds is 6. The minimum absolute atomic E-state index is 0.178. The van der Waals surface area contributed by atoms with Gasteiger partial charge in [-0.3, -0.25) is 4.90 Å². The molecule has 0 unspecified atom stereocenters. The number of aromatic amines is 1. The SMILES string of the molecule is CCc1c(C(C)(C)C)[nH]c(CNC2CCN(Cc3ccccc3)CC2)c1C. The molecule has 0 saturated carbocycles. The van der Waals surface area contributed by atoms with Crippen LogP contribution in [0.25, 0.3) is 0 Å². The molecule has 0 bridgehead atoms. The molecule has 1 aliphatic heterocycles. The second-order valence-corrected chi connectivity index (χ2v) is 9.10. The average molecular weight is 368 g/mol. The molecule has 1 fully saturated rings. The van der Waals surface area contributed by atoms with Crippen LogP contribution < -0.4 is 5.32 Å². The fraction of sp³-hybridized carbons (Fsp3) is 0.583. The molecule has 27 heavy (non-hydrogen) atoms. The van der Waals surface area contributed by atoms with E-state index in [2.05, 4.69) is 80.2 Å². The second-order valence-electron chi connectivity index (χ2n) is 9.10. The van der Waals surface area contributed by atoms with E-state index in [9.17, 15) is 0 Å². The molecule has 2 N–H and O–H groups in total. The zero-order valence-corrected chi connectivity index (χ0v) is 17.9. The van der Waals surface area contributed by atoms with Gasteiger partial charge in [-0.05, 0) is 56.0 Å². The Bertz CT molecular complexity index is 716. The van der Waals surface area contributed by atoms with Crippen LogP contribution in [-0.4, -0.2) is 29.0 Å². The minimum atomic E-state index is 0.178. The van der Waals surface area contributed by atoms with Crippen molar-refractivity contribution >= 4 is 0 Å². The van der Waals surface area contributed by atoms with Crippen molar-refractivity contribution in [3.05, 3.63) is 58.4 Å². The van der Waals surface area contributed by atoms with Gasteiger partial charge < -0.3 is 10.3 Å². The molecule has 2 heterocycles. The monoisotopic (exact) mass is 367 g/mol. The van der Waals surface area contributed by atoms with Crippen LogP contribution in [0.15, 0.2) is 30.3 Å². The normalized spacial score (nSPS) is 16.8. The van der Waals surface area contributed by atoms with Gasteiger partial charge in [0.2, 0.25) is 0 Å². The van der Waals surface area contributed by atoms with Crippen molar-refractivity contribution < 1.29 is 0 Å². The zero-order valence-electron chi connectivity index (χ0n) is 17.9. The standard InChI is InChI=1S/C24H37N3/c1-6-21-18(2)22(26-23(21)24(3,4)5)16-25-20-12-14-27(15-13-20)17-19-10-8-7-9-11-19/h7-11,20,25-26H,6,12-17H2,1-5H3. The second kappa shape index (κ2) is 8.62. The topological polar surface area (TPSA) is 31.1 Å². The van der Waals surface area contributed by atoms with Crippen molar-refractivity contribution in [2.24, 2.45) is 0 Å². The third-order valence-electron chi connectivity index (χ3n) is 5.99. The first-order chi connectivity index (χ1) is 12.9. The molecule has 0 amide bonds. The Morgan fingerprint density at radius 1 is 1.11 bits per heavy atom. The fourth-order valence-corrected chi connectivity index (χ4v) is 4.33. The van der Waals surface area contributed by atoms with E-state index in [1.165, 1.54) is 54.0 Å². The molecule has 0 atom stereocenters. The summed E-state index contributed by atoms with van der Waals surface area (Å²) < 4.78 is 0. The van der Waals surface area contributed by atoms with Gasteiger partial charge in [0.05, 0.1) is 0 Å². The van der Waals surface area contributed by atoms with Crippen molar-refractivity contribution in [1.29, 1.82) is 0 Å². The number of hydrogen-bond donors (Lipinski definition) is 2. The van der Waals surface area contributed by atoms with Crippen LogP contribution in [0.3, 0.4) is 0 Å². The van der Waals surface area contributed by atoms with Gasteiger partial charge >= 0.3 is 0 Å². The Balaban J connectivity index is 1.52. The molecule has 1 aliphatic rings. The van der Waals surface area contributed by atoms with E-state index in [4.69, 9.17) is 0 Å². The van der Waals surface area contributed by atoms with Crippen LogP contribution in [0.4, 0.5) is 0 Å². The first-order valence-electron chi connectivity index (χ1n) is 10.6. The third kappa shape index (κ3) is 5.03. The first kappa shape index (κ1) is 20.2. The van der Waals surface area contributed by atoms with Crippen molar-refractivity contribution in [2.45, 2.75) is 78.4 Å². The highest BCUT2D eigenvalue weighted by atomic mass is 15.1. The van der Waals surface area contributed by atoms with Gasteiger partial charge in [-0.2, -0.15) is 0 Å². The van der Waals surface area contributed by atoms with Gasteiger partial charge in [-0.25, -0.2) is 0 Å². The summed E-state index contributed by atoms with van der Waals surface area (Å²) in [5.41, 5.74) is 7.36. The number of hydrogen-bond acceptors (Lipinski definition) is 2. The summed E-state index contributed by atoms with van der Waals surface area (Å²) in [6, 6.07) is 11.5. The van der Waals surface area contributed by atoms with Crippen LogP contribution in [0.5, 0.6) is 0 Å². The molecule has 0 radical (unpaired) electrons. The number of benzene rings is 1. The number of nitrogens with zero attached hydrogens (tertiary/aromatic N) is 1. The Labute approximate surface area is 165 Å². The van der Waals surface area contributed by atoms with Crippen LogP contribution >= 0.6 is 0 Å². The summed E-state index contributed by atoms with van der Waals surface area (Å²) in [5, 5.41) is 3.82. The third-order valence-corrected chi connectivity index (χ3v) is 5.99. The van der Waals surface area contributed by atoms with Crippen molar-refractivity contribution in [3.8, 4) is 0 Å². The molecule has 3 nitrogen and oxygen atoms in total. The lowest BCUT2D eigenvalue weighted by molar-refractivity contribution is 0.190. The predicted molar refractivity (Wildman–Crippen MR) is 115 cm³/mol. The minimum Gasteiger partial charge on any atom is -0.360 e. The summed E-state index contributed by atoms with van der Waals surface area (Å²) in [5.74, 6) is 0. The van der Waals surface area contributed by atoms with E-state index in [1.807, 2.05) is 0 Å². The molecule has 1 aromatic heterocycles. The van der Waals surface area contributed by atoms with Crippen LogP contribution in [-0.2, 0) is 24.9 Å². The number of H-pyrrole nitrogens is 1. The lowest BCUT2D eigenvalue weighted by Crippen LogP contribution is -2.42. The predicted octanol–water partition coefficient (Wildman–Crippen LogP) is 4.94. The molecule has 1 saturated heterocycles. The summed E-state index contributed by atoms with van der Waals surface area (Å²) in [6.45, 7) is 15.9. The van der Waals surface area contributed by atoms with E-state index in [0.717, 1.165) is 19.5 Å². The van der Waals surface area contributed by atoms with E-state index >= 15 is 0 Å². The highest BCUT2D eigenvalue weighted by Crippen LogP contribution is 2.29. The average Bonchev–Trinajstić information content (AvgIpc) is 2.98. The van der Waals surface area contributed by atoms with Crippen LogP contribution in [0, 0.1) is 6.92 Å². The molecular formula is C24H37N3. The number of nitrogens with one attached hydrogen (secondary N) is 2. The number of likely N-dealkylation sites (tertiary alicyclic amines) is 1. The van der Waals surface area contributed by atoms with E-state index in [1.54, 1.807) is 0 Å². The van der Waals surface area contributed by atoms with E-state index in [-0.39, 0.29) is 5.41 Å². The van der Waals surface area contributed by atoms with Crippen LogP contribution in [0.1, 0.15) is 68.6 Å². The highest BCUT2D eigenvalue weighted by molar-refractivity contribution is 5.39. The maximum atomic E-state index is 3.82. The molecule has 0 spiro atoms. The largest absolute Gasteiger partial charge is 0.360 e. The van der Waals surface area contributed by atoms with Crippen molar-refractivity contribution in [2.75, 3.05) is 13.1 Å². The molecule has 3 rings (SSSR count). The maximum Gasteiger partial charge on any atom is 0.0362 e. The van der Waals surface area contributed by atoms with Crippen molar-refractivity contribution in [3.63, 3.8) is 0 Å². The number of piperidine rings is 1. The molecular weight excluding hydrogens is 330 g/mol. The number of aromatic nitrogens is 1. The molecule has 0 aliphatic carbocycles. The Kier molecular flexibility index (Phi) is 6.44. The molecule has 2 aromatic rings. The maximum absolute atomic E-state index is 3.82. The lowest BCUT2D eigenvalue weighted by Gasteiger charge is -2.32. The van der Waals surface area contributed by atoms with Gasteiger partial charge in [0.15, 0.2) is 0 Å². The molecule has 148 valence electrons. The zero-order chi connectivity index (χ0) is 19.4. The highest BCUT2D eigenvalue weighted by Gasteiger charge is 2.24. The Hall–Kier alpha value is -1.58. The van der Waals surface area contributed by atoms with Crippen molar-refractivity contribution in [1.82, 2.24) is 15.2 Å². The summed E-state index contributed by atoms with van der Waals surface area (Å²) in [7, 11) is 0. The first-order valence-corrected chi connectivity index (χ1v) is 10.6. The van der Waals surface area contributed by atoms with Crippen LogP contribution in [0.2, 0.25) is 0 Å². The quantitative estimate of drug-likeness (QED) is 0.758. The van der Waals surface area contributed by atoms with Gasteiger partial charge in [-0.1, -0.05) is 58.0 Å². The lowest BCUT2D eigenvalue weighted by atomic mass is 9.88. The van der Waals surface area contributed by atoms with Gasteiger partial charge in [0.1, 0.15) is 0 Å². The molecule has 1 aromatic carbocycles. The fourth-order valence-electron chi connectivity index (χ4n) is 4.33. The smallest absolute Gasteiger partial charge is 0.0362 e. The Morgan fingerprint density at radius 3 is 2.33 bits per heavy atom. The summed E-state index contributed by atoms with van der Waals surface area (Å²) in [4.78, 5) is 6.33. The summed E-state index contributed by atoms with van der Waals surface area (Å²) in [6.07, 6.45) is 3.57. The van der Waals surface area contributed by atoms with E-state index < -0.39 is 0 Å². The Morgan fingerprint density at radius 2 is 1.78 bits per heavy atom. The van der Waals surface area contributed by atoms with E-state index in [0.29, 0.717) is 6.04 Å². The van der Waals surface area contributed by atoms with Gasteiger partial charge in [0.25, 0.3) is 0 Å².